The molecule has 1 N–H and O–H groups in total. The second-order valence-electron chi connectivity index (χ2n) is 4.08. The Labute approximate surface area is 108 Å². The van der Waals surface area contributed by atoms with Crippen molar-refractivity contribution in [3.05, 3.63) is 59.1 Å². The third-order valence-electron chi connectivity index (χ3n) is 2.93. The molecule has 90 valence electrons. The smallest absolute Gasteiger partial charge is 0.352 e. The first-order valence-corrected chi connectivity index (χ1v) is 6.47. The minimum Gasteiger partial charge on any atom is -0.477 e. The molecule has 2 heterocycles. The molecule has 0 atom stereocenters. The Hall–Kier alpha value is -2.07. The summed E-state index contributed by atoms with van der Waals surface area (Å²) >= 11 is 1.57. The molecule has 1 aromatic carbocycles. The Morgan fingerprint density at radius 1 is 1.22 bits per heavy atom. The van der Waals surface area contributed by atoms with E-state index in [0.717, 1.165) is 15.8 Å². The summed E-state index contributed by atoms with van der Waals surface area (Å²) in [6.45, 7) is 0.586. The van der Waals surface area contributed by atoms with E-state index in [-0.39, 0.29) is 0 Å². The number of aromatic nitrogens is 1. The van der Waals surface area contributed by atoms with Crippen molar-refractivity contribution >= 4 is 27.5 Å². The molecule has 0 radical (unpaired) electrons. The van der Waals surface area contributed by atoms with Gasteiger partial charge in [-0.25, -0.2) is 4.79 Å². The summed E-state index contributed by atoms with van der Waals surface area (Å²) in [7, 11) is 0. The first-order chi connectivity index (χ1) is 8.75. The van der Waals surface area contributed by atoms with Gasteiger partial charge in [-0.15, -0.1) is 11.3 Å². The van der Waals surface area contributed by atoms with Crippen molar-refractivity contribution in [1.29, 1.82) is 0 Å². The van der Waals surface area contributed by atoms with E-state index in [4.69, 9.17) is 0 Å². The molecular formula is C14H11NO2S. The third kappa shape index (κ3) is 1.80. The number of nitrogens with zero attached hydrogens (tertiary/aromatic N) is 1. The zero-order chi connectivity index (χ0) is 12.5. The lowest BCUT2D eigenvalue weighted by Gasteiger charge is -2.07. The standard InChI is InChI=1S/C14H11NO2S/c16-14(17)12-8-13-11(6-7-18-13)15(12)9-10-4-2-1-3-5-10/h1-8H,9H2,(H,16,17). The van der Waals surface area contributed by atoms with Gasteiger partial charge < -0.3 is 9.67 Å². The average Bonchev–Trinajstić information content (AvgIpc) is 2.93. The van der Waals surface area contributed by atoms with Gasteiger partial charge in [0.15, 0.2) is 0 Å². The van der Waals surface area contributed by atoms with Gasteiger partial charge in [0.25, 0.3) is 0 Å². The second kappa shape index (κ2) is 4.31. The first kappa shape index (κ1) is 11.0. The molecule has 3 aromatic rings. The summed E-state index contributed by atoms with van der Waals surface area (Å²) in [4.78, 5) is 11.3. The topological polar surface area (TPSA) is 42.2 Å². The van der Waals surface area contributed by atoms with Crippen molar-refractivity contribution in [3.63, 3.8) is 0 Å². The monoisotopic (exact) mass is 257 g/mol. The molecule has 3 nitrogen and oxygen atoms in total. The Bertz CT molecular complexity index is 697. The number of benzene rings is 1. The Kier molecular flexibility index (Phi) is 2.64. The fourth-order valence-electron chi connectivity index (χ4n) is 2.09. The highest BCUT2D eigenvalue weighted by Crippen LogP contribution is 2.26. The van der Waals surface area contributed by atoms with Gasteiger partial charge in [-0.2, -0.15) is 0 Å². The summed E-state index contributed by atoms with van der Waals surface area (Å²) in [6, 6.07) is 13.6. The highest BCUT2D eigenvalue weighted by atomic mass is 32.1. The Morgan fingerprint density at radius 2 is 2.00 bits per heavy atom. The van der Waals surface area contributed by atoms with Gasteiger partial charge in [0.05, 0.1) is 10.2 Å². The first-order valence-electron chi connectivity index (χ1n) is 5.59. The summed E-state index contributed by atoms with van der Waals surface area (Å²) in [5, 5.41) is 11.2. The van der Waals surface area contributed by atoms with Crippen molar-refractivity contribution < 1.29 is 9.90 Å². The zero-order valence-corrected chi connectivity index (χ0v) is 10.4. The van der Waals surface area contributed by atoms with Gasteiger partial charge in [0.1, 0.15) is 5.69 Å². The van der Waals surface area contributed by atoms with Gasteiger partial charge in [-0.05, 0) is 23.1 Å². The maximum absolute atomic E-state index is 11.3. The van der Waals surface area contributed by atoms with Gasteiger partial charge in [-0.3, -0.25) is 0 Å². The van der Waals surface area contributed by atoms with Crippen molar-refractivity contribution in [2.24, 2.45) is 0 Å². The molecule has 0 aliphatic heterocycles. The number of hydrogen-bond acceptors (Lipinski definition) is 2. The molecule has 3 rings (SSSR count). The van der Waals surface area contributed by atoms with E-state index >= 15 is 0 Å². The SMILES string of the molecule is O=C(O)c1cc2sccc2n1Cc1ccccc1. The lowest BCUT2D eigenvalue weighted by Crippen LogP contribution is -2.09. The quantitative estimate of drug-likeness (QED) is 0.780. The Balaban J connectivity index is 2.11. The van der Waals surface area contributed by atoms with Crippen LogP contribution in [0.1, 0.15) is 16.1 Å². The number of hydrogen-bond donors (Lipinski definition) is 1. The highest BCUT2D eigenvalue weighted by Gasteiger charge is 2.15. The van der Waals surface area contributed by atoms with Crippen LogP contribution in [0.25, 0.3) is 10.2 Å². The number of carboxylic acids is 1. The van der Waals surface area contributed by atoms with Crippen LogP contribution in [0, 0.1) is 0 Å². The molecule has 0 unspecified atom stereocenters. The van der Waals surface area contributed by atoms with E-state index in [9.17, 15) is 9.90 Å². The minimum absolute atomic E-state index is 0.348. The van der Waals surface area contributed by atoms with Crippen LogP contribution in [0.15, 0.2) is 47.8 Å². The number of carboxylic acid groups (broad SMARTS) is 1. The van der Waals surface area contributed by atoms with Crippen LogP contribution in [0.3, 0.4) is 0 Å². The number of rotatable bonds is 3. The van der Waals surface area contributed by atoms with Crippen LogP contribution in [0.4, 0.5) is 0 Å². The van der Waals surface area contributed by atoms with E-state index in [1.807, 2.05) is 46.3 Å². The molecule has 0 amide bonds. The van der Waals surface area contributed by atoms with Crippen molar-refractivity contribution in [1.82, 2.24) is 4.57 Å². The van der Waals surface area contributed by atoms with Crippen molar-refractivity contribution in [2.75, 3.05) is 0 Å². The maximum Gasteiger partial charge on any atom is 0.352 e. The molecule has 2 aromatic heterocycles. The maximum atomic E-state index is 11.3. The minimum atomic E-state index is -0.880. The number of fused-ring (bicyclic) bond motifs is 1. The molecule has 0 aliphatic carbocycles. The fourth-order valence-corrected chi connectivity index (χ4v) is 2.91. The molecule has 18 heavy (non-hydrogen) atoms. The third-order valence-corrected chi connectivity index (χ3v) is 3.78. The molecule has 0 fully saturated rings. The fraction of sp³-hybridized carbons (Fsp3) is 0.0714. The number of carbonyl (C=O) groups is 1. The van der Waals surface area contributed by atoms with Crippen LogP contribution in [-0.2, 0) is 6.54 Å². The summed E-state index contributed by atoms with van der Waals surface area (Å²) < 4.78 is 2.87. The predicted octanol–water partition coefficient (Wildman–Crippen LogP) is 3.45. The van der Waals surface area contributed by atoms with Gasteiger partial charge in [-0.1, -0.05) is 30.3 Å². The second-order valence-corrected chi connectivity index (χ2v) is 5.02. The van der Waals surface area contributed by atoms with Gasteiger partial charge in [0.2, 0.25) is 0 Å². The van der Waals surface area contributed by atoms with Crippen LogP contribution in [0.5, 0.6) is 0 Å². The van der Waals surface area contributed by atoms with Gasteiger partial charge >= 0.3 is 5.97 Å². The molecular weight excluding hydrogens is 246 g/mol. The van der Waals surface area contributed by atoms with E-state index in [0.29, 0.717) is 12.2 Å². The average molecular weight is 257 g/mol. The van der Waals surface area contributed by atoms with Crippen LogP contribution < -0.4 is 0 Å². The van der Waals surface area contributed by atoms with Crippen LogP contribution >= 0.6 is 11.3 Å². The van der Waals surface area contributed by atoms with Gasteiger partial charge in [0, 0.05) is 6.54 Å². The lowest BCUT2D eigenvalue weighted by atomic mass is 10.2. The largest absolute Gasteiger partial charge is 0.477 e. The highest BCUT2D eigenvalue weighted by molar-refractivity contribution is 7.17. The van der Waals surface area contributed by atoms with Crippen molar-refractivity contribution in [2.45, 2.75) is 6.54 Å². The summed E-state index contributed by atoms with van der Waals surface area (Å²) in [6.07, 6.45) is 0. The zero-order valence-electron chi connectivity index (χ0n) is 9.54. The Morgan fingerprint density at radius 3 is 2.72 bits per heavy atom. The summed E-state index contributed by atoms with van der Waals surface area (Å²) in [5.74, 6) is -0.880. The normalized spacial score (nSPS) is 10.9. The lowest BCUT2D eigenvalue weighted by molar-refractivity contribution is 0.0686. The molecule has 0 aliphatic rings. The van der Waals surface area contributed by atoms with E-state index < -0.39 is 5.97 Å². The molecule has 0 bridgehead atoms. The summed E-state index contributed by atoms with van der Waals surface area (Å²) in [5.41, 5.74) is 2.44. The molecule has 0 spiro atoms. The van der Waals surface area contributed by atoms with E-state index in [1.165, 1.54) is 0 Å². The predicted molar refractivity (Wildman–Crippen MR) is 72.3 cm³/mol. The van der Waals surface area contributed by atoms with E-state index in [1.54, 1.807) is 17.4 Å². The van der Waals surface area contributed by atoms with Crippen molar-refractivity contribution in [3.8, 4) is 0 Å². The number of aromatic carboxylic acids is 1. The number of thiophene rings is 1. The van der Waals surface area contributed by atoms with Crippen LogP contribution in [0.2, 0.25) is 0 Å². The molecule has 0 saturated carbocycles. The molecule has 0 saturated heterocycles. The van der Waals surface area contributed by atoms with Crippen LogP contribution in [-0.4, -0.2) is 15.6 Å². The van der Waals surface area contributed by atoms with E-state index in [2.05, 4.69) is 0 Å². The molecule has 4 heteroatoms.